The molecule has 4 heteroatoms. The number of fused-ring (bicyclic) bond motifs is 3. The molecule has 3 nitrogen and oxygen atoms in total. The molecular weight excluding hydrogens is 244 g/mol. The van der Waals surface area contributed by atoms with Gasteiger partial charge in [-0.2, -0.15) is 0 Å². The highest BCUT2D eigenvalue weighted by Crippen LogP contribution is 2.66. The van der Waals surface area contributed by atoms with Gasteiger partial charge in [-0.05, 0) is 12.8 Å². The summed E-state index contributed by atoms with van der Waals surface area (Å²) in [7, 11) is 0. The zero-order valence-electron chi connectivity index (χ0n) is 8.01. The number of amides is 1. The van der Waals surface area contributed by atoms with Gasteiger partial charge in [0.1, 0.15) is 5.54 Å². The van der Waals surface area contributed by atoms with Crippen molar-refractivity contribution in [1.29, 1.82) is 0 Å². The van der Waals surface area contributed by atoms with Gasteiger partial charge in [-0.3, -0.25) is 10.1 Å². The van der Waals surface area contributed by atoms with Crippen molar-refractivity contribution in [3.8, 4) is 0 Å². The molecule has 1 amide bonds. The maximum Gasteiger partial charge on any atom is 0.240 e. The van der Waals surface area contributed by atoms with Gasteiger partial charge in [0.15, 0.2) is 0 Å². The lowest BCUT2D eigenvalue weighted by molar-refractivity contribution is -0.126. The summed E-state index contributed by atoms with van der Waals surface area (Å²) in [6, 6.07) is 1.01. The van der Waals surface area contributed by atoms with Crippen molar-refractivity contribution < 1.29 is 4.79 Å². The lowest BCUT2D eigenvalue weighted by atomic mass is 9.86. The van der Waals surface area contributed by atoms with Crippen molar-refractivity contribution in [2.75, 3.05) is 0 Å². The van der Waals surface area contributed by atoms with E-state index in [1.807, 2.05) is 0 Å². The van der Waals surface area contributed by atoms with E-state index >= 15 is 0 Å². The summed E-state index contributed by atoms with van der Waals surface area (Å²) in [6.07, 6.45) is 2.21. The van der Waals surface area contributed by atoms with Crippen LogP contribution in [0, 0.1) is 11.3 Å². The number of alkyl halides is 1. The van der Waals surface area contributed by atoms with Crippen molar-refractivity contribution in [3.63, 3.8) is 0 Å². The van der Waals surface area contributed by atoms with Crippen LogP contribution in [-0.4, -0.2) is 28.4 Å². The second kappa shape index (κ2) is 1.92. The van der Waals surface area contributed by atoms with E-state index in [0.29, 0.717) is 28.2 Å². The topological polar surface area (TPSA) is 41.1 Å². The Morgan fingerprint density at radius 1 is 1.57 bits per heavy atom. The average molecular weight is 257 g/mol. The van der Waals surface area contributed by atoms with Crippen molar-refractivity contribution in [3.05, 3.63) is 0 Å². The fourth-order valence-corrected chi connectivity index (χ4v) is 4.66. The Morgan fingerprint density at radius 2 is 2.36 bits per heavy atom. The molecule has 6 atom stereocenters. The van der Waals surface area contributed by atoms with Crippen LogP contribution in [0.15, 0.2) is 0 Å². The lowest BCUT2D eigenvalue weighted by Crippen LogP contribution is -2.53. The minimum absolute atomic E-state index is 0.186. The predicted octanol–water partition coefficient (Wildman–Crippen LogP) is 0.389. The minimum atomic E-state index is -0.186. The van der Waals surface area contributed by atoms with Crippen LogP contribution in [0.3, 0.4) is 0 Å². The first kappa shape index (κ1) is 8.11. The van der Waals surface area contributed by atoms with Crippen molar-refractivity contribution in [1.82, 2.24) is 10.6 Å². The van der Waals surface area contributed by atoms with Gasteiger partial charge in [0.25, 0.3) is 0 Å². The third-order valence-electron chi connectivity index (χ3n) is 4.74. The molecule has 76 valence electrons. The summed E-state index contributed by atoms with van der Waals surface area (Å²) >= 11 is 3.67. The van der Waals surface area contributed by atoms with Gasteiger partial charge in [0.2, 0.25) is 5.91 Å². The number of piperidine rings is 2. The molecule has 2 N–H and O–H groups in total. The summed E-state index contributed by atoms with van der Waals surface area (Å²) in [5.41, 5.74) is 0.142. The van der Waals surface area contributed by atoms with Gasteiger partial charge in [-0.15, -0.1) is 0 Å². The first-order valence-corrected chi connectivity index (χ1v) is 6.22. The fourth-order valence-electron chi connectivity index (χ4n) is 3.63. The van der Waals surface area contributed by atoms with Crippen LogP contribution in [0.25, 0.3) is 0 Å². The smallest absolute Gasteiger partial charge is 0.240 e. The monoisotopic (exact) mass is 256 g/mol. The molecule has 0 aromatic heterocycles. The SMILES string of the molecule is C[C@@]12C[C@@]3(N[C@H]1C2Br)C(=O)NC1CC13. The maximum absolute atomic E-state index is 11.9. The molecule has 2 saturated heterocycles. The second-order valence-corrected chi connectivity index (χ2v) is 6.59. The molecule has 2 heterocycles. The number of hydrogen-bond acceptors (Lipinski definition) is 2. The van der Waals surface area contributed by atoms with Gasteiger partial charge in [-0.25, -0.2) is 0 Å². The highest BCUT2D eigenvalue weighted by atomic mass is 79.9. The quantitative estimate of drug-likeness (QED) is 0.616. The van der Waals surface area contributed by atoms with E-state index in [2.05, 4.69) is 33.5 Å². The van der Waals surface area contributed by atoms with Crippen LogP contribution < -0.4 is 10.6 Å². The van der Waals surface area contributed by atoms with Gasteiger partial charge in [0.05, 0.1) is 0 Å². The first-order valence-electron chi connectivity index (χ1n) is 5.31. The third-order valence-corrected chi connectivity index (χ3v) is 6.32. The lowest BCUT2D eigenvalue weighted by Gasteiger charge is -2.27. The molecule has 4 fully saturated rings. The molecular formula is C10H13BrN2O. The number of nitrogens with one attached hydrogen (secondary N) is 2. The van der Waals surface area contributed by atoms with Crippen molar-refractivity contribution >= 4 is 21.8 Å². The van der Waals surface area contributed by atoms with Crippen LogP contribution in [0.4, 0.5) is 0 Å². The van der Waals surface area contributed by atoms with Gasteiger partial charge < -0.3 is 5.32 Å². The van der Waals surface area contributed by atoms with E-state index in [1.54, 1.807) is 0 Å². The molecule has 0 bridgehead atoms. The van der Waals surface area contributed by atoms with E-state index < -0.39 is 0 Å². The Bertz CT molecular complexity index is 360. The molecule has 3 unspecified atom stereocenters. The molecule has 4 rings (SSSR count). The highest BCUT2D eigenvalue weighted by Gasteiger charge is 2.77. The minimum Gasteiger partial charge on any atom is -0.351 e. The number of halogens is 1. The number of carbonyl (C=O) groups is 1. The van der Waals surface area contributed by atoms with Crippen LogP contribution in [0.5, 0.6) is 0 Å². The molecule has 14 heavy (non-hydrogen) atoms. The van der Waals surface area contributed by atoms with E-state index in [1.165, 1.54) is 6.42 Å². The molecule has 2 aliphatic heterocycles. The summed E-state index contributed by atoms with van der Waals surface area (Å²) in [6.45, 7) is 2.28. The predicted molar refractivity (Wildman–Crippen MR) is 55.1 cm³/mol. The number of carbonyl (C=O) groups excluding carboxylic acids is 1. The van der Waals surface area contributed by atoms with Gasteiger partial charge in [-0.1, -0.05) is 22.9 Å². The van der Waals surface area contributed by atoms with Crippen LogP contribution in [0.1, 0.15) is 19.8 Å². The maximum atomic E-state index is 11.9. The number of rotatable bonds is 0. The van der Waals surface area contributed by atoms with E-state index in [4.69, 9.17) is 0 Å². The molecule has 2 saturated carbocycles. The highest BCUT2D eigenvalue weighted by molar-refractivity contribution is 9.09. The van der Waals surface area contributed by atoms with Crippen molar-refractivity contribution in [2.24, 2.45) is 11.3 Å². The van der Waals surface area contributed by atoms with Crippen molar-refractivity contribution in [2.45, 2.75) is 42.2 Å². The van der Waals surface area contributed by atoms with E-state index in [0.717, 1.165) is 6.42 Å². The Kier molecular flexibility index (Phi) is 1.11. The Labute approximate surface area is 91.1 Å². The zero-order valence-corrected chi connectivity index (χ0v) is 9.60. The van der Waals surface area contributed by atoms with E-state index in [-0.39, 0.29) is 11.4 Å². The Hall–Kier alpha value is -0.0900. The van der Waals surface area contributed by atoms with E-state index in [9.17, 15) is 4.79 Å². The average Bonchev–Trinajstić information content (AvgIpc) is 2.91. The van der Waals surface area contributed by atoms with Crippen LogP contribution in [0.2, 0.25) is 0 Å². The van der Waals surface area contributed by atoms with Crippen LogP contribution in [-0.2, 0) is 4.79 Å². The second-order valence-electron chi connectivity index (χ2n) is 5.60. The fraction of sp³-hybridized carbons (Fsp3) is 0.900. The van der Waals surface area contributed by atoms with Gasteiger partial charge in [0, 0.05) is 28.2 Å². The van der Waals surface area contributed by atoms with Gasteiger partial charge >= 0.3 is 0 Å². The summed E-state index contributed by atoms with van der Waals surface area (Å²) in [5.74, 6) is 0.839. The standard InChI is InChI=1S/C10H13BrN2O/c1-9-3-10(13-7(9)6(9)11)4-2-5(4)12-8(10)14/h4-7,13H,2-3H2,1H3,(H,12,14)/t4?,5?,6?,7-,9-,10-/m0/s1. The third kappa shape index (κ3) is 0.644. The normalized spacial score (nSPS) is 67.7. The first-order chi connectivity index (χ1) is 6.58. The Morgan fingerprint density at radius 3 is 2.86 bits per heavy atom. The molecule has 0 aromatic carbocycles. The molecule has 0 radical (unpaired) electrons. The number of hydrogen-bond donors (Lipinski definition) is 2. The molecule has 4 aliphatic rings. The van der Waals surface area contributed by atoms with Crippen LogP contribution >= 0.6 is 15.9 Å². The molecule has 1 spiro atoms. The largest absolute Gasteiger partial charge is 0.351 e. The zero-order chi connectivity index (χ0) is 9.72. The Balaban J connectivity index is 1.72. The molecule has 0 aromatic rings. The summed E-state index contributed by atoms with van der Waals surface area (Å²) in [5, 5.41) is 6.66. The summed E-state index contributed by atoms with van der Waals surface area (Å²) < 4.78 is 0. The molecule has 2 aliphatic carbocycles. The summed E-state index contributed by atoms with van der Waals surface area (Å²) in [4.78, 5) is 12.4.